The third kappa shape index (κ3) is 5.08. The lowest BCUT2D eigenvalue weighted by atomic mass is 10.2. The summed E-state index contributed by atoms with van der Waals surface area (Å²) in [4.78, 5) is 29.4. The number of thiazole rings is 1. The maximum atomic E-state index is 12.4. The fraction of sp³-hybridized carbons (Fsp3) is 0.190. The number of anilines is 1. The smallest absolute Gasteiger partial charge is 0.350 e. The number of rotatable bonds is 7. The fourth-order valence-corrected chi connectivity index (χ4v) is 3.69. The van der Waals surface area contributed by atoms with Crippen LogP contribution in [0.1, 0.15) is 15.4 Å². The minimum Gasteiger partial charge on any atom is -0.497 e. The summed E-state index contributed by atoms with van der Waals surface area (Å²) in [5.74, 6) is -0.104. The van der Waals surface area contributed by atoms with Crippen LogP contribution in [0, 0.1) is 6.92 Å². The number of esters is 1. The number of aromatic nitrogens is 1. The minimum atomic E-state index is -0.613. The molecule has 0 aliphatic rings. The van der Waals surface area contributed by atoms with Gasteiger partial charge in [0.2, 0.25) is 0 Å². The first-order valence-electron chi connectivity index (χ1n) is 8.83. The number of nitrogens with zero attached hydrogens (tertiary/aromatic N) is 1. The number of methoxy groups -OCH3 is 2. The molecule has 9 heteroatoms. The Morgan fingerprint density at radius 2 is 1.83 bits per heavy atom. The van der Waals surface area contributed by atoms with Crippen LogP contribution in [-0.2, 0) is 9.53 Å². The molecule has 2 aromatic carbocycles. The van der Waals surface area contributed by atoms with Crippen LogP contribution in [-0.4, -0.2) is 37.7 Å². The third-order valence-electron chi connectivity index (χ3n) is 4.09. The number of halogens is 1. The highest BCUT2D eigenvalue weighted by molar-refractivity contribution is 7.17. The molecule has 0 saturated heterocycles. The number of nitrogens with one attached hydrogen (secondary N) is 1. The van der Waals surface area contributed by atoms with Crippen LogP contribution in [0.2, 0.25) is 5.02 Å². The van der Waals surface area contributed by atoms with Crippen molar-refractivity contribution in [2.45, 2.75) is 6.92 Å². The molecule has 0 saturated carbocycles. The van der Waals surface area contributed by atoms with Crippen LogP contribution in [0.4, 0.5) is 5.69 Å². The van der Waals surface area contributed by atoms with E-state index >= 15 is 0 Å². The summed E-state index contributed by atoms with van der Waals surface area (Å²) in [5, 5.41) is 3.93. The molecule has 0 spiro atoms. The molecule has 0 bridgehead atoms. The average Bonchev–Trinajstić information content (AvgIpc) is 3.14. The molecule has 0 unspecified atom stereocenters. The van der Waals surface area contributed by atoms with Crippen molar-refractivity contribution in [3.63, 3.8) is 0 Å². The Kier molecular flexibility index (Phi) is 6.91. The van der Waals surface area contributed by atoms with Gasteiger partial charge in [0.1, 0.15) is 21.4 Å². The van der Waals surface area contributed by atoms with Crippen molar-refractivity contribution < 1.29 is 23.8 Å². The number of aryl methyl sites for hydroxylation is 1. The van der Waals surface area contributed by atoms with E-state index < -0.39 is 18.5 Å². The molecule has 3 aromatic rings. The first kappa shape index (κ1) is 21.6. The first-order valence-corrected chi connectivity index (χ1v) is 10.0. The molecule has 1 heterocycles. The number of hydrogen-bond donors (Lipinski definition) is 1. The molecule has 1 aromatic heterocycles. The standard InChI is InChI=1S/C21H19ClN2O5S/c1-12-19(30-20(23-12)13-4-6-14(22)7-5-13)21(26)29-11-18(25)24-16-10-15(27-2)8-9-17(16)28-3/h4-10H,11H2,1-3H3,(H,24,25). The van der Waals surface area contributed by atoms with E-state index in [0.29, 0.717) is 37.8 Å². The normalized spacial score (nSPS) is 10.4. The summed E-state index contributed by atoms with van der Waals surface area (Å²) in [6.45, 7) is 1.26. The van der Waals surface area contributed by atoms with Gasteiger partial charge in [0, 0.05) is 16.7 Å². The second kappa shape index (κ2) is 9.60. The van der Waals surface area contributed by atoms with Crippen molar-refractivity contribution in [2.75, 3.05) is 26.1 Å². The molecule has 3 rings (SSSR count). The highest BCUT2D eigenvalue weighted by Gasteiger charge is 2.19. The Balaban J connectivity index is 1.64. The second-order valence-corrected chi connectivity index (χ2v) is 7.57. The quantitative estimate of drug-likeness (QED) is 0.534. The Hall–Kier alpha value is -3.10. The van der Waals surface area contributed by atoms with Crippen LogP contribution in [0.25, 0.3) is 10.6 Å². The Morgan fingerprint density at radius 3 is 2.50 bits per heavy atom. The summed E-state index contributed by atoms with van der Waals surface area (Å²) in [7, 11) is 3.01. The van der Waals surface area contributed by atoms with E-state index in [0.717, 1.165) is 5.56 Å². The Labute approximate surface area is 182 Å². The largest absolute Gasteiger partial charge is 0.497 e. The summed E-state index contributed by atoms with van der Waals surface area (Å²) in [5.41, 5.74) is 1.79. The fourth-order valence-electron chi connectivity index (χ4n) is 2.60. The van der Waals surface area contributed by atoms with Gasteiger partial charge >= 0.3 is 5.97 Å². The zero-order valence-electron chi connectivity index (χ0n) is 16.5. The van der Waals surface area contributed by atoms with E-state index in [1.165, 1.54) is 25.6 Å². The average molecular weight is 447 g/mol. The minimum absolute atomic E-state index is 0.340. The number of benzene rings is 2. The van der Waals surface area contributed by atoms with Crippen molar-refractivity contribution in [2.24, 2.45) is 0 Å². The molecular weight excluding hydrogens is 428 g/mol. The molecule has 0 aliphatic heterocycles. The summed E-state index contributed by atoms with van der Waals surface area (Å²) < 4.78 is 15.5. The summed E-state index contributed by atoms with van der Waals surface area (Å²) >= 11 is 7.10. The highest BCUT2D eigenvalue weighted by Crippen LogP contribution is 2.30. The van der Waals surface area contributed by atoms with Gasteiger partial charge in [-0.05, 0) is 31.2 Å². The van der Waals surface area contributed by atoms with Crippen molar-refractivity contribution in [1.29, 1.82) is 0 Å². The van der Waals surface area contributed by atoms with Gasteiger partial charge in [0.05, 0.1) is 25.6 Å². The molecule has 156 valence electrons. The zero-order valence-corrected chi connectivity index (χ0v) is 18.1. The maximum absolute atomic E-state index is 12.4. The molecule has 0 aliphatic carbocycles. The van der Waals surface area contributed by atoms with E-state index in [1.807, 2.05) is 12.1 Å². The van der Waals surface area contributed by atoms with Gasteiger partial charge < -0.3 is 19.5 Å². The van der Waals surface area contributed by atoms with Crippen molar-refractivity contribution >= 4 is 40.5 Å². The van der Waals surface area contributed by atoms with E-state index in [-0.39, 0.29) is 0 Å². The lowest BCUT2D eigenvalue weighted by Crippen LogP contribution is -2.21. The number of carbonyl (C=O) groups excluding carboxylic acids is 2. The lowest BCUT2D eigenvalue weighted by molar-refractivity contribution is -0.119. The number of hydrogen-bond acceptors (Lipinski definition) is 7. The van der Waals surface area contributed by atoms with Crippen LogP contribution in [0.3, 0.4) is 0 Å². The predicted molar refractivity (Wildman–Crippen MR) is 116 cm³/mol. The van der Waals surface area contributed by atoms with Crippen LogP contribution >= 0.6 is 22.9 Å². The molecule has 0 radical (unpaired) electrons. The number of amides is 1. The van der Waals surface area contributed by atoms with Gasteiger partial charge in [0.25, 0.3) is 5.91 Å². The van der Waals surface area contributed by atoms with E-state index in [1.54, 1.807) is 37.3 Å². The van der Waals surface area contributed by atoms with Crippen molar-refractivity contribution in [3.8, 4) is 22.1 Å². The van der Waals surface area contributed by atoms with Gasteiger partial charge in [-0.3, -0.25) is 4.79 Å². The molecule has 0 fully saturated rings. The second-order valence-electron chi connectivity index (χ2n) is 6.13. The summed E-state index contributed by atoms with van der Waals surface area (Å²) in [6.07, 6.45) is 0. The lowest BCUT2D eigenvalue weighted by Gasteiger charge is -2.11. The van der Waals surface area contributed by atoms with E-state index in [4.69, 9.17) is 25.8 Å². The highest BCUT2D eigenvalue weighted by atomic mass is 35.5. The van der Waals surface area contributed by atoms with Gasteiger partial charge in [0.15, 0.2) is 6.61 Å². The van der Waals surface area contributed by atoms with Crippen molar-refractivity contribution in [1.82, 2.24) is 4.98 Å². The number of ether oxygens (including phenoxy) is 3. The summed E-state index contributed by atoms with van der Waals surface area (Å²) in [6, 6.07) is 12.1. The van der Waals surface area contributed by atoms with Gasteiger partial charge in [-0.25, -0.2) is 9.78 Å². The molecule has 1 amide bonds. The first-order chi connectivity index (χ1) is 14.4. The monoisotopic (exact) mass is 446 g/mol. The van der Waals surface area contributed by atoms with Crippen LogP contribution in [0.5, 0.6) is 11.5 Å². The molecule has 1 N–H and O–H groups in total. The Bertz CT molecular complexity index is 1070. The van der Waals surface area contributed by atoms with E-state index in [2.05, 4.69) is 10.3 Å². The molecule has 7 nitrogen and oxygen atoms in total. The van der Waals surface area contributed by atoms with Crippen LogP contribution in [0.15, 0.2) is 42.5 Å². The molecule has 0 atom stereocenters. The number of carbonyl (C=O) groups is 2. The van der Waals surface area contributed by atoms with Gasteiger partial charge in [-0.15, -0.1) is 11.3 Å². The van der Waals surface area contributed by atoms with E-state index in [9.17, 15) is 9.59 Å². The van der Waals surface area contributed by atoms with Crippen molar-refractivity contribution in [3.05, 3.63) is 58.1 Å². The SMILES string of the molecule is COc1ccc(OC)c(NC(=O)COC(=O)c2sc(-c3ccc(Cl)cc3)nc2C)c1. The van der Waals surface area contributed by atoms with Gasteiger partial charge in [-0.2, -0.15) is 0 Å². The topological polar surface area (TPSA) is 86.8 Å². The zero-order chi connectivity index (χ0) is 21.7. The Morgan fingerprint density at radius 1 is 1.10 bits per heavy atom. The molecule has 30 heavy (non-hydrogen) atoms. The molecular formula is C21H19ClN2O5S. The third-order valence-corrected chi connectivity index (χ3v) is 5.53. The predicted octanol–water partition coefficient (Wildman–Crippen LogP) is 4.58. The van der Waals surface area contributed by atoms with Gasteiger partial charge in [-0.1, -0.05) is 23.7 Å². The maximum Gasteiger partial charge on any atom is 0.350 e. The van der Waals surface area contributed by atoms with Crippen LogP contribution < -0.4 is 14.8 Å².